The Morgan fingerprint density at radius 2 is 1.52 bits per heavy atom. The molecule has 3 nitrogen and oxygen atoms in total. The summed E-state index contributed by atoms with van der Waals surface area (Å²) in [5, 5.41) is 3.46. The van der Waals surface area contributed by atoms with Crippen LogP contribution in [0.1, 0.15) is 19.3 Å². The smallest absolute Gasteiger partial charge is 0.127 e. The lowest BCUT2D eigenvalue weighted by molar-refractivity contribution is 0.239. The van der Waals surface area contributed by atoms with Crippen molar-refractivity contribution in [2.75, 3.05) is 13.2 Å². The van der Waals surface area contributed by atoms with Crippen molar-refractivity contribution in [1.29, 1.82) is 0 Å². The van der Waals surface area contributed by atoms with Crippen LogP contribution in [0.5, 0.6) is 17.2 Å². The molecule has 0 bridgehead atoms. The van der Waals surface area contributed by atoms with E-state index in [4.69, 9.17) is 9.47 Å². The summed E-state index contributed by atoms with van der Waals surface area (Å²) in [7, 11) is 0. The molecule has 0 spiro atoms. The average molecular weight is 338 g/mol. The standard InChI is InChI=1S/C18H20FNO2.ClH/c19-14-4-6-17(7-5-14)22-18-10-8-16(9-11-18)21-13-15-3-1-2-12-20-15;/h4-11,15,20H,1-3,12-13H2;1H/t15-;/m0./s1. The number of benzene rings is 2. The molecule has 5 heteroatoms. The van der Waals surface area contributed by atoms with Crippen molar-refractivity contribution in [1.82, 2.24) is 5.32 Å². The maximum absolute atomic E-state index is 12.8. The lowest BCUT2D eigenvalue weighted by Crippen LogP contribution is -2.38. The SMILES string of the molecule is Cl.Fc1ccc(Oc2ccc(OC[C@@H]3CCCCN3)cc2)cc1. The molecular formula is C18H21ClFNO2. The first-order chi connectivity index (χ1) is 10.8. The minimum Gasteiger partial charge on any atom is -0.492 e. The maximum atomic E-state index is 12.8. The molecule has 1 atom stereocenters. The quantitative estimate of drug-likeness (QED) is 0.867. The van der Waals surface area contributed by atoms with E-state index in [1.54, 1.807) is 12.1 Å². The number of ether oxygens (including phenoxy) is 2. The summed E-state index contributed by atoms with van der Waals surface area (Å²) in [6, 6.07) is 13.9. The van der Waals surface area contributed by atoms with E-state index in [-0.39, 0.29) is 18.2 Å². The first-order valence-corrected chi connectivity index (χ1v) is 7.69. The summed E-state index contributed by atoms with van der Waals surface area (Å²) in [5.41, 5.74) is 0. The van der Waals surface area contributed by atoms with Gasteiger partial charge in [-0.25, -0.2) is 4.39 Å². The number of rotatable bonds is 5. The zero-order valence-corrected chi connectivity index (χ0v) is 13.7. The van der Waals surface area contributed by atoms with Gasteiger partial charge in [-0.15, -0.1) is 12.4 Å². The second kappa shape index (κ2) is 8.75. The molecule has 0 unspecified atom stereocenters. The Balaban J connectivity index is 0.00000192. The van der Waals surface area contributed by atoms with E-state index >= 15 is 0 Å². The molecule has 0 saturated carbocycles. The van der Waals surface area contributed by atoms with E-state index in [1.807, 2.05) is 24.3 Å². The third-order valence-electron chi connectivity index (χ3n) is 3.74. The van der Waals surface area contributed by atoms with Gasteiger partial charge in [-0.1, -0.05) is 6.42 Å². The zero-order chi connectivity index (χ0) is 15.2. The van der Waals surface area contributed by atoms with Crippen LogP contribution in [0.25, 0.3) is 0 Å². The Morgan fingerprint density at radius 1 is 0.913 bits per heavy atom. The number of hydrogen-bond acceptors (Lipinski definition) is 3. The Kier molecular flexibility index (Phi) is 6.68. The van der Waals surface area contributed by atoms with Crippen LogP contribution in [0.3, 0.4) is 0 Å². The van der Waals surface area contributed by atoms with Crippen molar-refractivity contribution >= 4 is 12.4 Å². The van der Waals surface area contributed by atoms with Crippen LogP contribution in [-0.4, -0.2) is 19.2 Å². The molecule has 0 radical (unpaired) electrons. The number of halogens is 2. The van der Waals surface area contributed by atoms with E-state index in [2.05, 4.69) is 5.32 Å². The first kappa shape index (κ1) is 17.6. The van der Waals surface area contributed by atoms with E-state index in [1.165, 1.54) is 31.4 Å². The van der Waals surface area contributed by atoms with Crippen molar-refractivity contribution in [3.05, 3.63) is 54.3 Å². The third kappa shape index (κ3) is 5.41. The van der Waals surface area contributed by atoms with E-state index in [0.29, 0.717) is 24.1 Å². The van der Waals surface area contributed by atoms with Crippen LogP contribution in [0.2, 0.25) is 0 Å². The van der Waals surface area contributed by atoms with Crippen molar-refractivity contribution in [3.63, 3.8) is 0 Å². The Labute approximate surface area is 142 Å². The lowest BCUT2D eigenvalue weighted by atomic mass is 10.1. The van der Waals surface area contributed by atoms with Crippen LogP contribution in [0.15, 0.2) is 48.5 Å². The second-order valence-corrected chi connectivity index (χ2v) is 5.49. The van der Waals surface area contributed by atoms with E-state index < -0.39 is 0 Å². The largest absolute Gasteiger partial charge is 0.492 e. The van der Waals surface area contributed by atoms with Crippen molar-refractivity contribution in [2.24, 2.45) is 0 Å². The molecule has 1 aliphatic rings. The van der Waals surface area contributed by atoms with Crippen LogP contribution in [0.4, 0.5) is 4.39 Å². The number of piperidine rings is 1. The average Bonchev–Trinajstić information content (AvgIpc) is 2.57. The normalized spacial score (nSPS) is 17.2. The molecule has 1 N–H and O–H groups in total. The number of nitrogens with one attached hydrogen (secondary N) is 1. The van der Waals surface area contributed by atoms with Crippen molar-refractivity contribution in [2.45, 2.75) is 25.3 Å². The highest BCUT2D eigenvalue weighted by Gasteiger charge is 2.12. The highest BCUT2D eigenvalue weighted by atomic mass is 35.5. The third-order valence-corrected chi connectivity index (χ3v) is 3.74. The molecule has 1 heterocycles. The zero-order valence-electron chi connectivity index (χ0n) is 12.8. The molecule has 2 aromatic rings. The Hall–Kier alpha value is -1.78. The minimum absolute atomic E-state index is 0. The van der Waals surface area contributed by atoms with Gasteiger partial charge in [0, 0.05) is 6.04 Å². The Bertz CT molecular complexity index is 583. The monoisotopic (exact) mass is 337 g/mol. The minimum atomic E-state index is -0.271. The van der Waals surface area contributed by atoms with Crippen molar-refractivity contribution in [3.8, 4) is 17.2 Å². The van der Waals surface area contributed by atoms with E-state index in [9.17, 15) is 4.39 Å². The van der Waals surface area contributed by atoms with Crippen LogP contribution < -0.4 is 14.8 Å². The molecule has 1 aliphatic heterocycles. The summed E-state index contributed by atoms with van der Waals surface area (Å²) in [6.07, 6.45) is 3.70. The second-order valence-electron chi connectivity index (χ2n) is 5.49. The van der Waals surface area contributed by atoms with Gasteiger partial charge in [0.1, 0.15) is 29.7 Å². The molecule has 0 aromatic heterocycles. The fourth-order valence-corrected chi connectivity index (χ4v) is 2.51. The van der Waals surface area contributed by atoms with Gasteiger partial charge in [-0.05, 0) is 67.9 Å². The summed E-state index contributed by atoms with van der Waals surface area (Å²) >= 11 is 0. The van der Waals surface area contributed by atoms with Gasteiger partial charge in [-0.3, -0.25) is 0 Å². The fraction of sp³-hybridized carbons (Fsp3) is 0.333. The Morgan fingerprint density at radius 3 is 2.13 bits per heavy atom. The van der Waals surface area contributed by atoms with Gasteiger partial charge in [0.05, 0.1) is 0 Å². The highest BCUT2D eigenvalue weighted by molar-refractivity contribution is 5.85. The maximum Gasteiger partial charge on any atom is 0.127 e. The lowest BCUT2D eigenvalue weighted by Gasteiger charge is -2.23. The van der Waals surface area contributed by atoms with Crippen LogP contribution in [0, 0.1) is 5.82 Å². The molecule has 0 aliphatic carbocycles. The highest BCUT2D eigenvalue weighted by Crippen LogP contribution is 2.24. The molecular weight excluding hydrogens is 317 g/mol. The predicted molar refractivity (Wildman–Crippen MR) is 91.3 cm³/mol. The van der Waals surface area contributed by atoms with E-state index in [0.717, 1.165) is 12.3 Å². The molecule has 124 valence electrons. The molecule has 23 heavy (non-hydrogen) atoms. The molecule has 1 saturated heterocycles. The summed E-state index contributed by atoms with van der Waals surface area (Å²) in [4.78, 5) is 0. The van der Waals surface area contributed by atoms with Gasteiger partial charge < -0.3 is 14.8 Å². The molecule has 3 rings (SSSR count). The molecule has 2 aromatic carbocycles. The topological polar surface area (TPSA) is 30.5 Å². The van der Waals surface area contributed by atoms with Crippen molar-refractivity contribution < 1.29 is 13.9 Å². The number of hydrogen-bond donors (Lipinski definition) is 1. The van der Waals surface area contributed by atoms with Gasteiger partial charge in [0.25, 0.3) is 0 Å². The predicted octanol–water partition coefficient (Wildman–Crippen LogP) is 4.56. The van der Waals surface area contributed by atoms with Gasteiger partial charge >= 0.3 is 0 Å². The first-order valence-electron chi connectivity index (χ1n) is 7.69. The van der Waals surface area contributed by atoms with Gasteiger partial charge in [0.2, 0.25) is 0 Å². The van der Waals surface area contributed by atoms with Gasteiger partial charge in [-0.2, -0.15) is 0 Å². The van der Waals surface area contributed by atoms with Gasteiger partial charge in [0.15, 0.2) is 0 Å². The molecule has 1 fully saturated rings. The summed E-state index contributed by atoms with van der Waals surface area (Å²) in [6.45, 7) is 1.77. The summed E-state index contributed by atoms with van der Waals surface area (Å²) in [5.74, 6) is 1.88. The molecule has 0 amide bonds. The fourth-order valence-electron chi connectivity index (χ4n) is 2.51. The summed E-state index contributed by atoms with van der Waals surface area (Å²) < 4.78 is 24.3. The van der Waals surface area contributed by atoms with Crippen LogP contribution >= 0.6 is 12.4 Å². The van der Waals surface area contributed by atoms with Crippen LogP contribution in [-0.2, 0) is 0 Å².